The number of methoxy groups -OCH3 is 1. The molecule has 8 heteroatoms. The first-order valence-corrected chi connectivity index (χ1v) is 7.03. The molecule has 3 rings (SSSR count). The summed E-state index contributed by atoms with van der Waals surface area (Å²) in [5.74, 6) is 1.11. The number of ether oxygens (including phenoxy) is 1. The Morgan fingerprint density at radius 1 is 1.39 bits per heavy atom. The lowest BCUT2D eigenvalue weighted by atomic mass is 10.2. The summed E-state index contributed by atoms with van der Waals surface area (Å²) in [6, 6.07) is 8.19. The van der Waals surface area contributed by atoms with Gasteiger partial charge in [-0.1, -0.05) is 16.8 Å². The van der Waals surface area contributed by atoms with Gasteiger partial charge in [-0.2, -0.15) is 4.98 Å². The minimum absolute atomic E-state index is 0.106. The molecule has 0 radical (unpaired) electrons. The van der Waals surface area contributed by atoms with Crippen LogP contribution in [0, 0.1) is 0 Å². The van der Waals surface area contributed by atoms with E-state index in [9.17, 15) is 4.79 Å². The number of furan rings is 1. The first-order valence-electron chi connectivity index (χ1n) is 6.65. The van der Waals surface area contributed by atoms with Crippen LogP contribution in [0.25, 0.3) is 11.7 Å². The van der Waals surface area contributed by atoms with Crippen molar-refractivity contribution in [2.24, 2.45) is 0 Å². The van der Waals surface area contributed by atoms with E-state index < -0.39 is 0 Å². The zero-order valence-electron chi connectivity index (χ0n) is 12.1. The van der Waals surface area contributed by atoms with Gasteiger partial charge < -0.3 is 19.0 Å². The minimum Gasteiger partial charge on any atom is -0.496 e. The molecule has 0 aliphatic heterocycles. The third kappa shape index (κ3) is 3.35. The summed E-state index contributed by atoms with van der Waals surface area (Å²) in [6.45, 7) is 0.106. The van der Waals surface area contributed by atoms with Crippen LogP contribution in [0.15, 0.2) is 45.5 Å². The van der Waals surface area contributed by atoms with Crippen LogP contribution in [0.3, 0.4) is 0 Å². The highest BCUT2D eigenvalue weighted by atomic mass is 35.5. The van der Waals surface area contributed by atoms with Crippen LogP contribution in [0.5, 0.6) is 5.75 Å². The number of hydrogen-bond acceptors (Lipinski definition) is 6. The van der Waals surface area contributed by atoms with Crippen LogP contribution >= 0.6 is 11.6 Å². The van der Waals surface area contributed by atoms with Crippen LogP contribution in [-0.4, -0.2) is 23.2 Å². The number of aromatic nitrogens is 2. The Kier molecular flexibility index (Phi) is 4.29. The van der Waals surface area contributed by atoms with Crippen molar-refractivity contribution in [3.8, 4) is 17.4 Å². The number of nitrogens with zero attached hydrogens (tertiary/aromatic N) is 2. The molecule has 0 fully saturated rings. The standard InChI is InChI=1S/C15H12ClN3O4/c1-21-12-7-9(16)4-5-10(12)14(20)17-8-13-18-15(23-19-13)11-3-2-6-22-11/h2-7H,8H2,1H3,(H,17,20). The summed E-state index contributed by atoms with van der Waals surface area (Å²) in [5.41, 5.74) is 0.367. The lowest BCUT2D eigenvalue weighted by Gasteiger charge is -2.08. The van der Waals surface area contributed by atoms with Gasteiger partial charge in [-0.05, 0) is 30.3 Å². The zero-order valence-corrected chi connectivity index (χ0v) is 12.8. The molecule has 0 aliphatic rings. The van der Waals surface area contributed by atoms with Gasteiger partial charge >= 0.3 is 0 Å². The molecular formula is C15H12ClN3O4. The van der Waals surface area contributed by atoms with E-state index in [0.29, 0.717) is 27.9 Å². The van der Waals surface area contributed by atoms with Gasteiger partial charge in [0.15, 0.2) is 11.6 Å². The summed E-state index contributed by atoms with van der Waals surface area (Å²) in [7, 11) is 1.47. The summed E-state index contributed by atoms with van der Waals surface area (Å²) in [4.78, 5) is 16.3. The number of hydrogen-bond donors (Lipinski definition) is 1. The van der Waals surface area contributed by atoms with E-state index in [2.05, 4.69) is 15.5 Å². The number of rotatable bonds is 5. The first-order chi connectivity index (χ1) is 11.2. The fourth-order valence-electron chi connectivity index (χ4n) is 1.93. The second-order valence-corrected chi connectivity index (χ2v) is 4.96. The fraction of sp³-hybridized carbons (Fsp3) is 0.133. The van der Waals surface area contributed by atoms with Crippen molar-refractivity contribution in [1.82, 2.24) is 15.5 Å². The van der Waals surface area contributed by atoms with Crippen LogP contribution < -0.4 is 10.1 Å². The van der Waals surface area contributed by atoms with Gasteiger partial charge in [0.1, 0.15) is 5.75 Å². The molecule has 1 N–H and O–H groups in total. The average Bonchev–Trinajstić information content (AvgIpc) is 3.23. The largest absolute Gasteiger partial charge is 0.496 e. The molecular weight excluding hydrogens is 322 g/mol. The Bertz CT molecular complexity index is 814. The van der Waals surface area contributed by atoms with E-state index in [1.807, 2.05) is 0 Å². The van der Waals surface area contributed by atoms with Crippen LogP contribution in [0.2, 0.25) is 5.02 Å². The monoisotopic (exact) mass is 333 g/mol. The summed E-state index contributed by atoms with van der Waals surface area (Å²) in [6.07, 6.45) is 1.51. The van der Waals surface area contributed by atoms with Gasteiger partial charge in [-0.25, -0.2) is 0 Å². The Balaban J connectivity index is 1.68. The third-order valence-corrected chi connectivity index (χ3v) is 3.25. The maximum atomic E-state index is 12.2. The smallest absolute Gasteiger partial charge is 0.293 e. The quantitative estimate of drug-likeness (QED) is 0.772. The number of carbonyl (C=O) groups is 1. The number of amides is 1. The number of benzene rings is 1. The summed E-state index contributed by atoms with van der Waals surface area (Å²) >= 11 is 5.87. The second-order valence-electron chi connectivity index (χ2n) is 4.52. The van der Waals surface area contributed by atoms with Gasteiger partial charge in [0.25, 0.3) is 11.8 Å². The molecule has 0 aliphatic carbocycles. The minimum atomic E-state index is -0.331. The van der Waals surface area contributed by atoms with E-state index >= 15 is 0 Å². The maximum Gasteiger partial charge on any atom is 0.293 e. The maximum absolute atomic E-state index is 12.2. The molecule has 7 nitrogen and oxygen atoms in total. The highest BCUT2D eigenvalue weighted by molar-refractivity contribution is 6.30. The zero-order chi connectivity index (χ0) is 16.2. The SMILES string of the molecule is COc1cc(Cl)ccc1C(=O)NCc1noc(-c2ccco2)n1. The highest BCUT2D eigenvalue weighted by Gasteiger charge is 2.15. The molecule has 0 saturated carbocycles. The highest BCUT2D eigenvalue weighted by Crippen LogP contribution is 2.23. The molecule has 118 valence electrons. The predicted octanol–water partition coefficient (Wildman–Crippen LogP) is 2.92. The number of halogens is 1. The third-order valence-electron chi connectivity index (χ3n) is 3.02. The molecule has 0 bridgehead atoms. The van der Waals surface area contributed by atoms with Gasteiger partial charge in [0.2, 0.25) is 0 Å². The molecule has 0 atom stereocenters. The predicted molar refractivity (Wildman–Crippen MR) is 81.2 cm³/mol. The molecule has 23 heavy (non-hydrogen) atoms. The van der Waals surface area contributed by atoms with Gasteiger partial charge in [-0.15, -0.1) is 0 Å². The molecule has 0 saturated heterocycles. The van der Waals surface area contributed by atoms with Crippen molar-refractivity contribution in [2.45, 2.75) is 6.54 Å². The molecule has 0 spiro atoms. The average molecular weight is 334 g/mol. The van der Waals surface area contributed by atoms with Crippen molar-refractivity contribution in [3.63, 3.8) is 0 Å². The second kappa shape index (κ2) is 6.53. The first kappa shape index (κ1) is 15.1. The Hall–Kier alpha value is -2.80. The van der Waals surface area contributed by atoms with Gasteiger partial charge in [-0.3, -0.25) is 4.79 Å². The summed E-state index contributed by atoms with van der Waals surface area (Å²) in [5, 5.41) is 6.96. The molecule has 0 unspecified atom stereocenters. The van der Waals surface area contributed by atoms with Crippen LogP contribution in [0.1, 0.15) is 16.2 Å². The lowest BCUT2D eigenvalue weighted by Crippen LogP contribution is -2.23. The Morgan fingerprint density at radius 2 is 2.26 bits per heavy atom. The number of nitrogens with one attached hydrogen (secondary N) is 1. The Morgan fingerprint density at radius 3 is 3.00 bits per heavy atom. The van der Waals surface area contributed by atoms with E-state index in [1.165, 1.54) is 13.4 Å². The van der Waals surface area contributed by atoms with Crippen molar-refractivity contribution < 1.29 is 18.5 Å². The van der Waals surface area contributed by atoms with E-state index in [-0.39, 0.29) is 18.3 Å². The van der Waals surface area contributed by atoms with Gasteiger partial charge in [0.05, 0.1) is 25.5 Å². The molecule has 3 aromatic rings. The van der Waals surface area contributed by atoms with Crippen molar-refractivity contribution >= 4 is 17.5 Å². The van der Waals surface area contributed by atoms with E-state index in [1.54, 1.807) is 30.3 Å². The topological polar surface area (TPSA) is 90.4 Å². The number of carbonyl (C=O) groups excluding carboxylic acids is 1. The van der Waals surface area contributed by atoms with E-state index in [0.717, 1.165) is 0 Å². The van der Waals surface area contributed by atoms with Gasteiger partial charge in [0, 0.05) is 5.02 Å². The van der Waals surface area contributed by atoms with Crippen molar-refractivity contribution in [1.29, 1.82) is 0 Å². The summed E-state index contributed by atoms with van der Waals surface area (Å²) < 4.78 is 15.4. The van der Waals surface area contributed by atoms with Crippen LogP contribution in [0.4, 0.5) is 0 Å². The van der Waals surface area contributed by atoms with Crippen molar-refractivity contribution in [2.75, 3.05) is 7.11 Å². The van der Waals surface area contributed by atoms with E-state index in [4.69, 9.17) is 25.3 Å². The molecule has 1 aromatic carbocycles. The Labute approximate surface area is 136 Å². The lowest BCUT2D eigenvalue weighted by molar-refractivity contribution is 0.0946. The normalized spacial score (nSPS) is 10.5. The molecule has 2 aromatic heterocycles. The molecule has 2 heterocycles. The van der Waals surface area contributed by atoms with Crippen LogP contribution in [-0.2, 0) is 6.54 Å². The molecule has 1 amide bonds. The fourth-order valence-corrected chi connectivity index (χ4v) is 2.10. The van der Waals surface area contributed by atoms with Crippen molar-refractivity contribution in [3.05, 3.63) is 53.0 Å².